The van der Waals surface area contributed by atoms with Crippen LogP contribution in [0, 0.1) is 5.92 Å². The smallest absolute Gasteiger partial charge is 0.175 e. The number of phenolic OH excluding ortho intramolecular Hbond substituents is 1. The first-order chi connectivity index (χ1) is 12.8. The van der Waals surface area contributed by atoms with Crippen LogP contribution in [0.4, 0.5) is 0 Å². The minimum atomic E-state index is -0.952. The Hall–Kier alpha value is -2.31. The first-order valence-corrected chi connectivity index (χ1v) is 9.11. The monoisotopic (exact) mass is 374 g/mol. The minimum absolute atomic E-state index is 0.0532. The molecule has 1 aliphatic carbocycles. The van der Waals surface area contributed by atoms with Gasteiger partial charge in [0.25, 0.3) is 0 Å². The van der Waals surface area contributed by atoms with Gasteiger partial charge >= 0.3 is 0 Å². The Morgan fingerprint density at radius 2 is 2.04 bits per heavy atom. The number of ketones is 1. The molecule has 1 aliphatic heterocycles. The van der Waals surface area contributed by atoms with Crippen molar-refractivity contribution in [1.29, 1.82) is 0 Å². The van der Waals surface area contributed by atoms with Crippen LogP contribution in [0.5, 0.6) is 11.5 Å². The summed E-state index contributed by atoms with van der Waals surface area (Å²) >= 11 is 0. The second-order valence-electron chi connectivity index (χ2n) is 7.46. The van der Waals surface area contributed by atoms with Crippen molar-refractivity contribution in [2.24, 2.45) is 5.92 Å². The number of methoxy groups -OCH3 is 1. The summed E-state index contributed by atoms with van der Waals surface area (Å²) in [4.78, 5) is 13.0. The number of aliphatic hydroxyl groups is 2. The molecular formula is C21H26O6. The quantitative estimate of drug-likeness (QED) is 0.700. The van der Waals surface area contributed by atoms with Gasteiger partial charge in [-0.2, -0.15) is 0 Å². The molecular weight excluding hydrogens is 348 g/mol. The maximum atomic E-state index is 13.0. The fourth-order valence-electron chi connectivity index (χ4n) is 3.80. The van der Waals surface area contributed by atoms with Crippen LogP contribution in [0.25, 0.3) is 5.57 Å². The highest BCUT2D eigenvalue weighted by Gasteiger charge is 2.45. The molecule has 1 aromatic carbocycles. The van der Waals surface area contributed by atoms with Crippen molar-refractivity contribution in [2.45, 2.75) is 51.4 Å². The number of aromatic hydroxyl groups is 1. The molecule has 0 aromatic heterocycles. The van der Waals surface area contributed by atoms with Gasteiger partial charge in [0, 0.05) is 18.4 Å². The van der Waals surface area contributed by atoms with Gasteiger partial charge in [0.1, 0.15) is 6.10 Å². The number of aliphatic hydroxyl groups excluding tert-OH is 2. The standard InChI is InChI=1S/C21H26O6/c1-11(2)4-5-12-6-13(7-17(24)21(12)26-3)15-10-27-18-9-14(22)8-16(23)19(18)20(15)25/h4,6-7,10,14,16,18-19,22-24H,5,8-9H2,1-3H3. The van der Waals surface area contributed by atoms with E-state index in [9.17, 15) is 20.1 Å². The van der Waals surface area contributed by atoms with E-state index < -0.39 is 24.2 Å². The maximum absolute atomic E-state index is 13.0. The summed E-state index contributed by atoms with van der Waals surface area (Å²) < 4.78 is 11.0. The molecule has 146 valence electrons. The van der Waals surface area contributed by atoms with Gasteiger partial charge in [0.05, 0.1) is 37.1 Å². The molecule has 4 atom stereocenters. The number of carbonyl (C=O) groups is 1. The van der Waals surface area contributed by atoms with Gasteiger partial charge in [-0.3, -0.25) is 4.79 Å². The summed E-state index contributed by atoms with van der Waals surface area (Å²) in [5, 5.41) is 30.4. The van der Waals surface area contributed by atoms with Gasteiger partial charge in [0.2, 0.25) is 0 Å². The summed E-state index contributed by atoms with van der Waals surface area (Å²) in [6, 6.07) is 3.28. The van der Waals surface area contributed by atoms with Crippen molar-refractivity contribution in [3.8, 4) is 11.5 Å². The predicted octanol–water partition coefficient (Wildman–Crippen LogP) is 2.35. The van der Waals surface area contributed by atoms with Crippen LogP contribution >= 0.6 is 0 Å². The molecule has 0 saturated heterocycles. The number of fused-ring (bicyclic) bond motifs is 1. The molecule has 4 unspecified atom stereocenters. The largest absolute Gasteiger partial charge is 0.504 e. The third kappa shape index (κ3) is 3.87. The fourth-order valence-corrected chi connectivity index (χ4v) is 3.80. The zero-order valence-electron chi connectivity index (χ0n) is 15.8. The fraction of sp³-hybridized carbons (Fsp3) is 0.476. The summed E-state index contributed by atoms with van der Waals surface area (Å²) in [7, 11) is 1.49. The first-order valence-electron chi connectivity index (χ1n) is 9.11. The molecule has 3 rings (SSSR count). The number of phenols is 1. The second-order valence-corrected chi connectivity index (χ2v) is 7.46. The van der Waals surface area contributed by atoms with Crippen LogP contribution in [0.15, 0.2) is 30.0 Å². The van der Waals surface area contributed by atoms with Crippen LogP contribution < -0.4 is 4.74 Å². The normalized spacial score (nSPS) is 27.3. The molecule has 6 heteroatoms. The third-order valence-electron chi connectivity index (χ3n) is 5.15. The van der Waals surface area contributed by atoms with E-state index in [2.05, 4.69) is 0 Å². The van der Waals surface area contributed by atoms with Crippen molar-refractivity contribution < 1.29 is 29.6 Å². The molecule has 0 bridgehead atoms. The van der Waals surface area contributed by atoms with E-state index in [1.807, 2.05) is 19.9 Å². The number of Topliss-reactive ketones (excluding diaryl/α,β-unsaturated/α-hetero) is 1. The maximum Gasteiger partial charge on any atom is 0.175 e. The average Bonchev–Trinajstić information content (AvgIpc) is 2.59. The Morgan fingerprint density at radius 1 is 1.30 bits per heavy atom. The molecule has 1 saturated carbocycles. The van der Waals surface area contributed by atoms with Crippen LogP contribution in [-0.2, 0) is 16.0 Å². The Balaban J connectivity index is 1.98. The lowest BCUT2D eigenvalue weighted by molar-refractivity contribution is -0.137. The zero-order chi connectivity index (χ0) is 19.7. The summed E-state index contributed by atoms with van der Waals surface area (Å²) in [5.41, 5.74) is 2.71. The van der Waals surface area contributed by atoms with Crippen molar-refractivity contribution in [3.63, 3.8) is 0 Å². The van der Waals surface area contributed by atoms with Crippen LogP contribution in [-0.4, -0.2) is 46.5 Å². The van der Waals surface area contributed by atoms with E-state index in [1.165, 1.54) is 19.4 Å². The van der Waals surface area contributed by atoms with E-state index in [0.29, 0.717) is 29.7 Å². The Bertz CT molecular complexity index is 790. The number of hydrogen-bond donors (Lipinski definition) is 3. The highest BCUT2D eigenvalue weighted by Crippen LogP contribution is 2.40. The van der Waals surface area contributed by atoms with Crippen molar-refractivity contribution in [3.05, 3.63) is 41.2 Å². The van der Waals surface area contributed by atoms with E-state index in [4.69, 9.17) is 9.47 Å². The number of rotatable bonds is 4. The van der Waals surface area contributed by atoms with E-state index in [1.54, 1.807) is 6.07 Å². The lowest BCUT2D eigenvalue weighted by atomic mass is 9.76. The second kappa shape index (κ2) is 7.74. The van der Waals surface area contributed by atoms with E-state index >= 15 is 0 Å². The third-order valence-corrected chi connectivity index (χ3v) is 5.15. The molecule has 3 N–H and O–H groups in total. The lowest BCUT2D eigenvalue weighted by Crippen LogP contribution is -2.48. The molecule has 1 aromatic rings. The van der Waals surface area contributed by atoms with Gasteiger partial charge in [0.15, 0.2) is 17.3 Å². The molecule has 6 nitrogen and oxygen atoms in total. The number of hydrogen-bond acceptors (Lipinski definition) is 6. The summed E-state index contributed by atoms with van der Waals surface area (Å²) in [6.45, 7) is 3.96. The Kier molecular flexibility index (Phi) is 5.58. The average molecular weight is 374 g/mol. The van der Waals surface area contributed by atoms with Crippen molar-refractivity contribution >= 4 is 11.4 Å². The van der Waals surface area contributed by atoms with Crippen molar-refractivity contribution in [1.82, 2.24) is 0 Å². The molecule has 1 heterocycles. The molecule has 0 radical (unpaired) electrons. The first kappa shape index (κ1) is 19.5. The van der Waals surface area contributed by atoms with E-state index in [0.717, 1.165) is 11.1 Å². The number of ether oxygens (including phenoxy) is 2. The molecule has 0 amide bonds. The Morgan fingerprint density at radius 3 is 2.70 bits per heavy atom. The van der Waals surface area contributed by atoms with Crippen LogP contribution in [0.2, 0.25) is 0 Å². The highest BCUT2D eigenvalue weighted by atomic mass is 16.5. The van der Waals surface area contributed by atoms with Gasteiger partial charge in [-0.15, -0.1) is 0 Å². The van der Waals surface area contributed by atoms with Gasteiger partial charge in [-0.1, -0.05) is 11.6 Å². The number of allylic oxidation sites excluding steroid dienone is 3. The van der Waals surface area contributed by atoms with E-state index in [-0.39, 0.29) is 18.0 Å². The van der Waals surface area contributed by atoms with Crippen LogP contribution in [0.1, 0.15) is 37.8 Å². The number of benzene rings is 1. The summed E-state index contributed by atoms with van der Waals surface area (Å²) in [6.07, 6.45) is 2.25. The SMILES string of the molecule is COc1c(O)cc(C2=COC3CC(O)CC(O)C3C2=O)cc1CC=C(C)C. The molecule has 27 heavy (non-hydrogen) atoms. The predicted molar refractivity (Wildman–Crippen MR) is 100 cm³/mol. The number of carbonyl (C=O) groups excluding carboxylic acids is 1. The van der Waals surface area contributed by atoms with Gasteiger partial charge < -0.3 is 24.8 Å². The van der Waals surface area contributed by atoms with Crippen LogP contribution in [0.3, 0.4) is 0 Å². The Labute approximate surface area is 158 Å². The molecule has 0 spiro atoms. The van der Waals surface area contributed by atoms with Gasteiger partial charge in [-0.05, 0) is 38.0 Å². The minimum Gasteiger partial charge on any atom is -0.504 e. The molecule has 2 aliphatic rings. The lowest BCUT2D eigenvalue weighted by Gasteiger charge is -2.39. The topological polar surface area (TPSA) is 96.2 Å². The van der Waals surface area contributed by atoms with Gasteiger partial charge in [-0.25, -0.2) is 0 Å². The molecule has 1 fully saturated rings. The highest BCUT2D eigenvalue weighted by molar-refractivity contribution is 6.22. The van der Waals surface area contributed by atoms with Crippen molar-refractivity contribution in [2.75, 3.05) is 7.11 Å². The summed E-state index contributed by atoms with van der Waals surface area (Å²) in [5.74, 6) is -0.621. The zero-order valence-corrected chi connectivity index (χ0v) is 15.8.